The molecule has 0 amide bonds. The molecule has 0 aliphatic carbocycles. The molecular formula is C14H12N2O3. The fraction of sp³-hybridized carbons (Fsp3) is 0.143. The molecule has 0 unspecified atom stereocenters. The van der Waals surface area contributed by atoms with Crippen molar-refractivity contribution in [2.45, 2.75) is 13.3 Å². The van der Waals surface area contributed by atoms with Gasteiger partial charge >= 0.3 is 5.97 Å². The number of fused-ring (bicyclic) bond motifs is 1. The van der Waals surface area contributed by atoms with Crippen LogP contribution in [-0.4, -0.2) is 21.0 Å². The molecule has 3 rings (SSSR count). The smallest absolute Gasteiger partial charge is 0.337 e. The number of rotatable bonds is 3. The molecule has 2 heterocycles. The molecule has 0 fully saturated rings. The molecule has 0 aliphatic heterocycles. The van der Waals surface area contributed by atoms with Crippen molar-refractivity contribution < 1.29 is 14.3 Å². The number of aromatic nitrogens is 2. The Morgan fingerprint density at radius 1 is 1.37 bits per heavy atom. The van der Waals surface area contributed by atoms with Gasteiger partial charge in [-0.25, -0.2) is 9.78 Å². The zero-order chi connectivity index (χ0) is 13.4. The third-order valence-electron chi connectivity index (χ3n) is 2.99. The average molecular weight is 256 g/mol. The Hall–Kier alpha value is -2.56. The molecule has 0 saturated carbocycles. The van der Waals surface area contributed by atoms with E-state index in [9.17, 15) is 4.79 Å². The minimum Gasteiger partial charge on any atom is -0.478 e. The van der Waals surface area contributed by atoms with E-state index in [4.69, 9.17) is 9.52 Å². The largest absolute Gasteiger partial charge is 0.478 e. The first-order valence-corrected chi connectivity index (χ1v) is 6.00. The number of nitrogens with one attached hydrogen (secondary N) is 1. The fourth-order valence-electron chi connectivity index (χ4n) is 2.02. The molecule has 0 atom stereocenters. The Bertz CT molecular complexity index is 755. The summed E-state index contributed by atoms with van der Waals surface area (Å²) in [4.78, 5) is 18.5. The van der Waals surface area contributed by atoms with Crippen LogP contribution in [0.5, 0.6) is 0 Å². The molecule has 0 spiro atoms. The number of benzene rings is 1. The first kappa shape index (κ1) is 11.5. The maximum Gasteiger partial charge on any atom is 0.337 e. The van der Waals surface area contributed by atoms with Crippen LogP contribution < -0.4 is 0 Å². The van der Waals surface area contributed by atoms with E-state index in [1.165, 1.54) is 6.07 Å². The number of H-pyrrole nitrogens is 1. The Labute approximate surface area is 108 Å². The van der Waals surface area contributed by atoms with Crippen LogP contribution in [0.2, 0.25) is 0 Å². The lowest BCUT2D eigenvalue weighted by molar-refractivity contribution is 0.0699. The minimum absolute atomic E-state index is 0.183. The third kappa shape index (κ3) is 1.89. The monoisotopic (exact) mass is 256 g/mol. The summed E-state index contributed by atoms with van der Waals surface area (Å²) in [5.74, 6) is 1.04. The van der Waals surface area contributed by atoms with Crippen LogP contribution in [0.4, 0.5) is 0 Å². The Morgan fingerprint density at radius 2 is 2.21 bits per heavy atom. The lowest BCUT2D eigenvalue weighted by Crippen LogP contribution is -1.96. The van der Waals surface area contributed by atoms with E-state index >= 15 is 0 Å². The van der Waals surface area contributed by atoms with Crippen molar-refractivity contribution in [1.82, 2.24) is 9.97 Å². The first-order chi connectivity index (χ1) is 9.19. The summed E-state index contributed by atoms with van der Waals surface area (Å²) in [5, 5.41) is 9.13. The number of carbonyl (C=O) groups is 1. The van der Waals surface area contributed by atoms with Gasteiger partial charge in [0.2, 0.25) is 0 Å². The third-order valence-corrected chi connectivity index (χ3v) is 2.99. The van der Waals surface area contributed by atoms with Gasteiger partial charge in [0.05, 0.1) is 11.1 Å². The van der Waals surface area contributed by atoms with Crippen molar-refractivity contribution in [3.8, 4) is 11.6 Å². The number of aromatic carboxylic acids is 1. The lowest BCUT2D eigenvalue weighted by Gasteiger charge is -1.93. The Kier molecular flexibility index (Phi) is 2.59. The maximum absolute atomic E-state index is 11.1. The molecule has 19 heavy (non-hydrogen) atoms. The summed E-state index contributed by atoms with van der Waals surface area (Å²) in [5.41, 5.74) is 1.31. The molecule has 2 N–H and O–H groups in total. The Balaban J connectivity index is 2.16. The number of aromatic amines is 1. The number of carboxylic acids is 1. The van der Waals surface area contributed by atoms with Crippen molar-refractivity contribution in [3.05, 3.63) is 41.7 Å². The fourth-order valence-corrected chi connectivity index (χ4v) is 2.02. The number of aryl methyl sites for hydroxylation is 1. The molecule has 0 saturated heterocycles. The van der Waals surface area contributed by atoms with E-state index in [2.05, 4.69) is 9.97 Å². The van der Waals surface area contributed by atoms with Gasteiger partial charge in [0.1, 0.15) is 11.3 Å². The van der Waals surface area contributed by atoms with Crippen LogP contribution >= 0.6 is 0 Å². The van der Waals surface area contributed by atoms with Gasteiger partial charge in [-0.1, -0.05) is 13.0 Å². The summed E-state index contributed by atoms with van der Waals surface area (Å²) in [6.45, 7) is 2.00. The standard InChI is InChI=1S/C14H12N2O3/c1-2-8-6-7-11(19-8)13-15-10-5-3-4-9(14(17)18)12(10)16-13/h3-7H,2H2,1H3,(H,15,16)(H,17,18). The Morgan fingerprint density at radius 3 is 2.89 bits per heavy atom. The van der Waals surface area contributed by atoms with Crippen LogP contribution in [0.3, 0.4) is 0 Å². The van der Waals surface area contributed by atoms with Gasteiger partial charge in [0, 0.05) is 6.42 Å². The van der Waals surface area contributed by atoms with E-state index < -0.39 is 5.97 Å². The van der Waals surface area contributed by atoms with Crippen molar-refractivity contribution in [1.29, 1.82) is 0 Å². The SMILES string of the molecule is CCc1ccc(-c2nc3c(C(=O)O)cccc3[nH]2)o1. The average Bonchev–Trinajstić information content (AvgIpc) is 3.03. The highest BCUT2D eigenvalue weighted by Gasteiger charge is 2.14. The van der Waals surface area contributed by atoms with E-state index in [1.807, 2.05) is 19.1 Å². The summed E-state index contributed by atoms with van der Waals surface area (Å²) in [6, 6.07) is 8.74. The second kappa shape index (κ2) is 4.28. The molecule has 5 heteroatoms. The van der Waals surface area contributed by atoms with Crippen LogP contribution in [-0.2, 0) is 6.42 Å². The van der Waals surface area contributed by atoms with Crippen LogP contribution in [0.1, 0.15) is 23.0 Å². The molecule has 96 valence electrons. The highest BCUT2D eigenvalue weighted by molar-refractivity contribution is 6.01. The predicted molar refractivity (Wildman–Crippen MR) is 70.1 cm³/mol. The number of imidazole rings is 1. The molecule has 2 aromatic heterocycles. The minimum atomic E-state index is -0.989. The number of para-hydroxylation sites is 1. The van der Waals surface area contributed by atoms with Gasteiger partial charge in [-0.05, 0) is 24.3 Å². The van der Waals surface area contributed by atoms with E-state index in [-0.39, 0.29) is 5.56 Å². The second-order valence-corrected chi connectivity index (χ2v) is 4.21. The summed E-state index contributed by atoms with van der Waals surface area (Å²) in [6.07, 6.45) is 0.806. The second-order valence-electron chi connectivity index (χ2n) is 4.21. The zero-order valence-corrected chi connectivity index (χ0v) is 10.3. The number of carboxylic acid groups (broad SMARTS) is 1. The van der Waals surface area contributed by atoms with E-state index in [0.29, 0.717) is 22.6 Å². The van der Waals surface area contributed by atoms with Crippen LogP contribution in [0.15, 0.2) is 34.7 Å². The molecule has 0 radical (unpaired) electrons. The molecular weight excluding hydrogens is 244 g/mol. The van der Waals surface area contributed by atoms with Crippen molar-refractivity contribution in [2.24, 2.45) is 0 Å². The molecule has 5 nitrogen and oxygen atoms in total. The summed E-state index contributed by atoms with van der Waals surface area (Å²) < 4.78 is 5.61. The predicted octanol–water partition coefficient (Wildman–Crippen LogP) is 3.08. The number of furan rings is 1. The van der Waals surface area contributed by atoms with E-state index in [1.54, 1.807) is 12.1 Å². The summed E-state index contributed by atoms with van der Waals surface area (Å²) >= 11 is 0. The van der Waals surface area contributed by atoms with E-state index in [0.717, 1.165) is 12.2 Å². The lowest BCUT2D eigenvalue weighted by atomic mass is 10.2. The molecule has 1 aromatic carbocycles. The summed E-state index contributed by atoms with van der Waals surface area (Å²) in [7, 11) is 0. The molecule has 3 aromatic rings. The molecule has 0 bridgehead atoms. The van der Waals surface area contributed by atoms with Crippen LogP contribution in [0.25, 0.3) is 22.6 Å². The van der Waals surface area contributed by atoms with Gasteiger partial charge in [-0.2, -0.15) is 0 Å². The number of nitrogens with zero attached hydrogens (tertiary/aromatic N) is 1. The maximum atomic E-state index is 11.1. The quantitative estimate of drug-likeness (QED) is 0.754. The first-order valence-electron chi connectivity index (χ1n) is 6.00. The van der Waals surface area contributed by atoms with Gasteiger partial charge in [0.15, 0.2) is 11.6 Å². The number of hydrogen-bond acceptors (Lipinski definition) is 3. The van der Waals surface area contributed by atoms with Gasteiger partial charge in [-0.15, -0.1) is 0 Å². The molecule has 0 aliphatic rings. The van der Waals surface area contributed by atoms with Gasteiger partial charge < -0.3 is 14.5 Å². The van der Waals surface area contributed by atoms with Gasteiger partial charge in [-0.3, -0.25) is 0 Å². The topological polar surface area (TPSA) is 79.1 Å². The van der Waals surface area contributed by atoms with Crippen molar-refractivity contribution in [3.63, 3.8) is 0 Å². The number of hydrogen-bond donors (Lipinski definition) is 2. The van der Waals surface area contributed by atoms with Crippen molar-refractivity contribution >= 4 is 17.0 Å². The highest BCUT2D eigenvalue weighted by atomic mass is 16.4. The highest BCUT2D eigenvalue weighted by Crippen LogP contribution is 2.24. The normalized spacial score (nSPS) is 11.0. The van der Waals surface area contributed by atoms with Gasteiger partial charge in [0.25, 0.3) is 0 Å². The zero-order valence-electron chi connectivity index (χ0n) is 10.3. The van der Waals surface area contributed by atoms with Crippen molar-refractivity contribution in [2.75, 3.05) is 0 Å². The van der Waals surface area contributed by atoms with Crippen LogP contribution in [0, 0.1) is 0 Å².